The van der Waals surface area contributed by atoms with Crippen LogP contribution in [-0.4, -0.2) is 48.9 Å². The molecule has 0 radical (unpaired) electrons. The summed E-state index contributed by atoms with van der Waals surface area (Å²) in [5.41, 5.74) is 5.56. The smallest absolute Gasteiger partial charge is 0.266 e. The van der Waals surface area contributed by atoms with E-state index in [0.717, 1.165) is 49.3 Å². The molecule has 1 aliphatic heterocycles. The van der Waals surface area contributed by atoms with E-state index in [1.807, 2.05) is 37.3 Å². The van der Waals surface area contributed by atoms with E-state index in [1.54, 1.807) is 6.07 Å². The maximum absolute atomic E-state index is 13.8. The zero-order chi connectivity index (χ0) is 28.8. The Labute approximate surface area is 242 Å². The van der Waals surface area contributed by atoms with Crippen molar-refractivity contribution in [3.05, 3.63) is 84.3 Å². The lowest BCUT2D eigenvalue weighted by Crippen LogP contribution is -2.43. The number of hydrogen-bond donors (Lipinski definition) is 2. The van der Waals surface area contributed by atoms with Gasteiger partial charge in [0.15, 0.2) is 5.58 Å². The Morgan fingerprint density at radius 2 is 1.73 bits per heavy atom. The molecular weight excluding hydrogens is 512 g/mol. The van der Waals surface area contributed by atoms with Gasteiger partial charge in [0, 0.05) is 31.9 Å². The van der Waals surface area contributed by atoms with E-state index >= 15 is 0 Å². The van der Waals surface area contributed by atoms with Gasteiger partial charge in [-0.25, -0.2) is 4.98 Å². The molecule has 7 nitrogen and oxygen atoms in total. The highest BCUT2D eigenvalue weighted by Crippen LogP contribution is 2.30. The number of carbonyl (C=O) groups is 2. The highest BCUT2D eigenvalue weighted by Gasteiger charge is 2.30. The zero-order valence-corrected chi connectivity index (χ0v) is 24.2. The normalized spacial score (nSPS) is 15.2. The number of amides is 1. The van der Waals surface area contributed by atoms with E-state index in [4.69, 9.17) is 4.42 Å². The summed E-state index contributed by atoms with van der Waals surface area (Å²) in [5, 5.41) is 6.47. The van der Waals surface area contributed by atoms with Crippen molar-refractivity contribution in [2.24, 2.45) is 5.92 Å². The Morgan fingerprint density at radius 3 is 2.44 bits per heavy atom. The second-order valence-electron chi connectivity index (χ2n) is 11.3. The van der Waals surface area contributed by atoms with E-state index in [0.29, 0.717) is 29.9 Å². The summed E-state index contributed by atoms with van der Waals surface area (Å²) in [5.74, 6) is -0.488. The Kier molecular flexibility index (Phi) is 9.14. The molecular formula is C34H40N4O3. The molecule has 214 valence electrons. The fourth-order valence-corrected chi connectivity index (χ4v) is 5.55. The predicted molar refractivity (Wildman–Crippen MR) is 164 cm³/mol. The monoisotopic (exact) mass is 552 g/mol. The highest BCUT2D eigenvalue weighted by atomic mass is 16.4. The molecule has 0 spiro atoms. The average molecular weight is 553 g/mol. The first-order valence-electron chi connectivity index (χ1n) is 14.8. The summed E-state index contributed by atoms with van der Waals surface area (Å²) in [6, 6.07) is 23.5. The minimum Gasteiger partial charge on any atom is -0.434 e. The number of rotatable bonds is 11. The topological polar surface area (TPSA) is 87.5 Å². The Morgan fingerprint density at radius 1 is 0.976 bits per heavy atom. The number of oxazole rings is 1. The van der Waals surface area contributed by atoms with Crippen LogP contribution < -0.4 is 15.5 Å². The number of benzene rings is 3. The number of piperazine rings is 1. The number of aromatic nitrogens is 1. The van der Waals surface area contributed by atoms with Gasteiger partial charge < -0.3 is 20.0 Å². The number of ketones is 1. The van der Waals surface area contributed by atoms with Crippen molar-refractivity contribution in [3.8, 4) is 11.1 Å². The summed E-state index contributed by atoms with van der Waals surface area (Å²) >= 11 is 0. The van der Waals surface area contributed by atoms with Crippen molar-refractivity contribution in [1.29, 1.82) is 0 Å². The third kappa shape index (κ3) is 6.85. The summed E-state index contributed by atoms with van der Waals surface area (Å²) in [6.07, 6.45) is 1.93. The number of nitrogens with one attached hydrogen (secondary N) is 2. The number of carbonyl (C=O) groups excluding carboxylic acids is 2. The average Bonchev–Trinajstić information content (AvgIpc) is 3.44. The maximum Gasteiger partial charge on any atom is 0.266 e. The van der Waals surface area contributed by atoms with Gasteiger partial charge in [-0.3, -0.25) is 9.59 Å². The minimum absolute atomic E-state index is 0.0385. The van der Waals surface area contributed by atoms with Crippen molar-refractivity contribution in [2.45, 2.75) is 52.0 Å². The summed E-state index contributed by atoms with van der Waals surface area (Å²) in [7, 11) is 0. The van der Waals surface area contributed by atoms with Crippen molar-refractivity contribution >= 4 is 28.5 Å². The maximum atomic E-state index is 13.8. The van der Waals surface area contributed by atoms with Crippen LogP contribution in [0.25, 0.3) is 22.2 Å². The van der Waals surface area contributed by atoms with Gasteiger partial charge in [0.1, 0.15) is 5.52 Å². The third-order valence-electron chi connectivity index (χ3n) is 7.71. The van der Waals surface area contributed by atoms with Gasteiger partial charge in [0.05, 0.1) is 12.0 Å². The molecule has 1 fully saturated rings. The molecule has 7 heteroatoms. The van der Waals surface area contributed by atoms with E-state index in [1.165, 1.54) is 5.69 Å². The second-order valence-corrected chi connectivity index (χ2v) is 11.3. The lowest BCUT2D eigenvalue weighted by atomic mass is 9.87. The van der Waals surface area contributed by atoms with Gasteiger partial charge in [0.25, 0.3) is 5.89 Å². The van der Waals surface area contributed by atoms with Gasteiger partial charge in [-0.15, -0.1) is 0 Å². The highest BCUT2D eigenvalue weighted by molar-refractivity contribution is 6.00. The van der Waals surface area contributed by atoms with Crippen LogP contribution in [0.3, 0.4) is 0 Å². The first kappa shape index (κ1) is 28.6. The Bertz CT molecular complexity index is 1440. The molecule has 5 rings (SSSR count). The number of anilines is 1. The third-order valence-corrected chi connectivity index (χ3v) is 7.71. The lowest BCUT2D eigenvalue weighted by Gasteiger charge is -2.29. The number of nitrogens with zero attached hydrogens (tertiary/aromatic N) is 2. The predicted octanol–water partition coefficient (Wildman–Crippen LogP) is 6.20. The molecule has 0 aliphatic carbocycles. The van der Waals surface area contributed by atoms with Crippen molar-refractivity contribution < 1.29 is 14.0 Å². The SMILES string of the molecule is CCC[C@H](NC(=O)[C@H](CC(C)C)c1cccc(-c2ccc(N3CCNCC3)cc2)c1)C(=O)c1nc2ccccc2o1. The van der Waals surface area contributed by atoms with Gasteiger partial charge in [-0.1, -0.05) is 75.7 Å². The van der Waals surface area contributed by atoms with Gasteiger partial charge >= 0.3 is 0 Å². The summed E-state index contributed by atoms with van der Waals surface area (Å²) < 4.78 is 5.74. The van der Waals surface area contributed by atoms with Crippen molar-refractivity contribution in [2.75, 3.05) is 31.1 Å². The molecule has 1 aromatic heterocycles. The fraction of sp³-hybridized carbons (Fsp3) is 0.382. The Hall–Kier alpha value is -3.97. The first-order valence-corrected chi connectivity index (χ1v) is 14.8. The van der Waals surface area contributed by atoms with Crippen molar-refractivity contribution in [3.63, 3.8) is 0 Å². The van der Waals surface area contributed by atoms with Crippen LogP contribution in [-0.2, 0) is 4.79 Å². The van der Waals surface area contributed by atoms with Crippen LogP contribution in [0.2, 0.25) is 0 Å². The number of para-hydroxylation sites is 2. The molecule has 1 saturated heterocycles. The number of Topliss-reactive ketones (excluding diaryl/α,β-unsaturated/α-hetero) is 1. The molecule has 2 N–H and O–H groups in total. The molecule has 2 atom stereocenters. The molecule has 1 aliphatic rings. The van der Waals surface area contributed by atoms with Crippen LogP contribution in [0.4, 0.5) is 5.69 Å². The van der Waals surface area contributed by atoms with Crippen LogP contribution in [0.5, 0.6) is 0 Å². The molecule has 41 heavy (non-hydrogen) atoms. The van der Waals surface area contributed by atoms with Crippen LogP contribution in [0, 0.1) is 5.92 Å². The molecule has 4 aromatic rings. The number of hydrogen-bond acceptors (Lipinski definition) is 6. The lowest BCUT2D eigenvalue weighted by molar-refractivity contribution is -0.123. The van der Waals surface area contributed by atoms with Crippen LogP contribution >= 0.6 is 0 Å². The molecule has 0 saturated carbocycles. The minimum atomic E-state index is -0.698. The van der Waals surface area contributed by atoms with E-state index in [9.17, 15) is 9.59 Å². The van der Waals surface area contributed by atoms with E-state index < -0.39 is 6.04 Å². The quantitative estimate of drug-likeness (QED) is 0.215. The standard InChI is InChI=1S/C34H40N4O3/c1-4-8-30(32(39)34-37-29-11-5-6-12-31(29)41-34)36-33(40)28(21-23(2)3)26-10-7-9-25(22-26)24-13-15-27(16-14-24)38-19-17-35-18-20-38/h5-7,9-16,22-23,28,30,35H,4,8,17-21H2,1-3H3,(H,36,40)/t28-,30+/m1/s1. The molecule has 0 bridgehead atoms. The zero-order valence-electron chi connectivity index (χ0n) is 24.2. The van der Waals surface area contributed by atoms with Gasteiger partial charge in [-0.05, 0) is 59.7 Å². The number of fused-ring (bicyclic) bond motifs is 1. The molecule has 0 unspecified atom stereocenters. The van der Waals surface area contributed by atoms with Crippen LogP contribution in [0.1, 0.15) is 62.2 Å². The first-order chi connectivity index (χ1) is 19.9. The second kappa shape index (κ2) is 13.1. The fourth-order valence-electron chi connectivity index (χ4n) is 5.55. The molecule has 1 amide bonds. The van der Waals surface area contributed by atoms with Crippen LogP contribution in [0.15, 0.2) is 77.2 Å². The van der Waals surface area contributed by atoms with E-state index in [-0.39, 0.29) is 23.5 Å². The van der Waals surface area contributed by atoms with Gasteiger partial charge in [-0.2, -0.15) is 0 Å². The van der Waals surface area contributed by atoms with Crippen molar-refractivity contribution in [1.82, 2.24) is 15.6 Å². The van der Waals surface area contributed by atoms with Gasteiger partial charge in [0.2, 0.25) is 11.7 Å². The largest absolute Gasteiger partial charge is 0.434 e. The summed E-state index contributed by atoms with van der Waals surface area (Å²) in [6.45, 7) is 10.3. The summed E-state index contributed by atoms with van der Waals surface area (Å²) in [4.78, 5) is 34.0. The molecule has 3 aromatic carbocycles. The molecule has 2 heterocycles. The Balaban J connectivity index is 1.36. The van der Waals surface area contributed by atoms with E-state index in [2.05, 4.69) is 70.8 Å².